The van der Waals surface area contributed by atoms with Gasteiger partial charge in [0.2, 0.25) is 5.75 Å². The molecule has 1 heterocycles. The fraction of sp³-hybridized carbons (Fsp3) is 0.125. The largest absolute Gasteiger partial charge is 0.500 e. The van der Waals surface area contributed by atoms with Gasteiger partial charge in [-0.2, -0.15) is 0 Å². The second-order valence-electron chi connectivity index (χ2n) is 7.27. The first-order valence-electron chi connectivity index (χ1n) is 10.2. The van der Waals surface area contributed by atoms with E-state index in [1.165, 1.54) is 12.1 Å². The van der Waals surface area contributed by atoms with Gasteiger partial charge in [-0.15, -0.1) is 0 Å². The number of nitrogens with one attached hydrogen (secondary N) is 2. The summed E-state index contributed by atoms with van der Waals surface area (Å²) < 4.78 is 5.34. The lowest BCUT2D eigenvalue weighted by Crippen LogP contribution is -2.43. The van der Waals surface area contributed by atoms with Crippen LogP contribution in [0, 0.1) is 10.1 Å². The number of rotatable bonds is 7. The van der Waals surface area contributed by atoms with Crippen molar-refractivity contribution in [3.63, 3.8) is 0 Å². The zero-order chi connectivity index (χ0) is 23.4. The van der Waals surface area contributed by atoms with Crippen molar-refractivity contribution < 1.29 is 24.7 Å². The minimum atomic E-state index is -0.785. The molecule has 0 saturated heterocycles. The number of aliphatic hydroxyl groups is 1. The molecule has 0 saturated carbocycles. The van der Waals surface area contributed by atoms with Gasteiger partial charge in [-0.1, -0.05) is 60.7 Å². The van der Waals surface area contributed by atoms with Crippen LogP contribution in [0.3, 0.4) is 0 Å². The summed E-state index contributed by atoms with van der Waals surface area (Å²) in [7, 11) is 0. The van der Waals surface area contributed by atoms with E-state index in [2.05, 4.69) is 10.6 Å². The predicted molar refractivity (Wildman–Crippen MR) is 121 cm³/mol. The normalized spacial score (nSPS) is 15.5. The number of hydrogen-bond acceptors (Lipinski definition) is 6. The molecule has 2 amide bonds. The van der Waals surface area contributed by atoms with Gasteiger partial charge >= 0.3 is 11.7 Å². The summed E-state index contributed by atoms with van der Waals surface area (Å²) in [6, 6.07) is 20.0. The lowest BCUT2D eigenvalue weighted by Gasteiger charge is -2.31. The fourth-order valence-electron chi connectivity index (χ4n) is 3.76. The second-order valence-corrected chi connectivity index (χ2v) is 7.27. The van der Waals surface area contributed by atoms with E-state index in [9.17, 15) is 20.0 Å². The number of hydrogen-bond donors (Lipinski definition) is 4. The maximum Gasteiger partial charge on any atom is 0.320 e. The number of ether oxygens (including phenoxy) is 1. The fourth-order valence-corrected chi connectivity index (χ4v) is 3.76. The summed E-state index contributed by atoms with van der Waals surface area (Å²) >= 11 is 0. The summed E-state index contributed by atoms with van der Waals surface area (Å²) in [5.74, 6) is -0.805. The van der Waals surface area contributed by atoms with Crippen molar-refractivity contribution in [2.24, 2.45) is 0 Å². The average molecular weight is 447 g/mol. The molecule has 0 aromatic heterocycles. The first kappa shape index (κ1) is 21.8. The highest BCUT2D eigenvalue weighted by molar-refractivity contribution is 6.03. The molecule has 3 aromatic carbocycles. The molecule has 1 unspecified atom stereocenters. The van der Waals surface area contributed by atoms with Crippen LogP contribution in [0.4, 0.5) is 10.5 Å². The number of aliphatic hydroxyl groups excluding tert-OH is 1. The van der Waals surface area contributed by atoms with E-state index in [0.29, 0.717) is 16.8 Å². The highest BCUT2D eigenvalue weighted by Crippen LogP contribution is 2.43. The quantitative estimate of drug-likeness (QED) is 0.323. The Hall–Kier alpha value is -4.37. The maximum absolute atomic E-state index is 12.6. The van der Waals surface area contributed by atoms with E-state index in [4.69, 9.17) is 9.84 Å². The van der Waals surface area contributed by atoms with Gasteiger partial charge in [0.15, 0.2) is 5.75 Å². The Kier molecular flexibility index (Phi) is 6.23. The molecule has 0 fully saturated rings. The van der Waals surface area contributed by atoms with Crippen LogP contribution in [0.25, 0.3) is 11.3 Å². The molecule has 9 nitrogen and oxygen atoms in total. The summed E-state index contributed by atoms with van der Waals surface area (Å²) in [4.78, 5) is 23.5. The average Bonchev–Trinajstić information content (AvgIpc) is 2.83. The SMILES string of the molecule is O=C1NC(c2ccccc2)=C(c2ccccc2)C(c2cc(OCCO)c(O)c([N+](=O)[O-])c2)N1. The van der Waals surface area contributed by atoms with Crippen LogP contribution in [0.5, 0.6) is 11.5 Å². The standard InChI is InChI=1S/C24H21N3O6/c28-11-12-33-19-14-17(13-18(23(19)29)27(31)32)22-20(15-7-3-1-4-8-15)21(25-24(30)26-22)16-9-5-2-6-10-16/h1-10,13-14,22,28-29H,11-12H2,(H2,25,26,30). The van der Waals surface area contributed by atoms with Crippen molar-refractivity contribution in [2.75, 3.05) is 13.2 Å². The third-order valence-electron chi connectivity index (χ3n) is 5.18. The van der Waals surface area contributed by atoms with Crippen LogP contribution in [0.15, 0.2) is 72.8 Å². The van der Waals surface area contributed by atoms with Gasteiger partial charge in [0.1, 0.15) is 6.61 Å². The molecule has 168 valence electrons. The number of phenolic OH excluding ortho intramolecular Hbond substituents is 1. The van der Waals surface area contributed by atoms with Gasteiger partial charge in [0.25, 0.3) is 0 Å². The van der Waals surface area contributed by atoms with Gasteiger partial charge in [-0.3, -0.25) is 10.1 Å². The number of amides is 2. The Bertz CT molecular complexity index is 1210. The van der Waals surface area contributed by atoms with E-state index in [1.54, 1.807) is 0 Å². The Morgan fingerprint density at radius 2 is 1.64 bits per heavy atom. The van der Waals surface area contributed by atoms with Crippen LogP contribution in [0.2, 0.25) is 0 Å². The van der Waals surface area contributed by atoms with Gasteiger partial charge < -0.3 is 25.6 Å². The number of benzene rings is 3. The summed E-state index contributed by atoms with van der Waals surface area (Å²) in [5, 5.41) is 36.7. The van der Waals surface area contributed by atoms with Gasteiger partial charge in [-0.25, -0.2) is 4.79 Å². The van der Waals surface area contributed by atoms with Crippen molar-refractivity contribution >= 4 is 23.0 Å². The number of phenols is 1. The van der Waals surface area contributed by atoms with Crippen LogP contribution in [-0.2, 0) is 0 Å². The zero-order valence-corrected chi connectivity index (χ0v) is 17.4. The van der Waals surface area contributed by atoms with Gasteiger partial charge in [-0.05, 0) is 22.8 Å². The molecule has 0 bridgehead atoms. The van der Waals surface area contributed by atoms with E-state index in [0.717, 1.165) is 11.1 Å². The van der Waals surface area contributed by atoms with Crippen molar-refractivity contribution in [2.45, 2.75) is 6.04 Å². The Labute approximate surface area is 189 Å². The molecule has 1 atom stereocenters. The van der Waals surface area contributed by atoms with E-state index in [1.807, 2.05) is 60.7 Å². The van der Waals surface area contributed by atoms with Crippen molar-refractivity contribution in [3.8, 4) is 11.5 Å². The van der Waals surface area contributed by atoms with Crippen molar-refractivity contribution in [1.29, 1.82) is 0 Å². The molecule has 0 spiro atoms. The molecule has 4 N–H and O–H groups in total. The molecular formula is C24H21N3O6. The number of aromatic hydroxyl groups is 1. The minimum absolute atomic E-state index is 0.158. The van der Waals surface area contributed by atoms with E-state index < -0.39 is 28.4 Å². The van der Waals surface area contributed by atoms with Gasteiger partial charge in [0.05, 0.1) is 23.3 Å². The molecule has 4 rings (SSSR count). The monoisotopic (exact) mass is 447 g/mol. The Balaban J connectivity index is 1.96. The van der Waals surface area contributed by atoms with E-state index in [-0.39, 0.29) is 19.0 Å². The van der Waals surface area contributed by atoms with Crippen LogP contribution in [0.1, 0.15) is 22.7 Å². The Morgan fingerprint density at radius 1 is 1.00 bits per heavy atom. The molecule has 0 aliphatic carbocycles. The Morgan fingerprint density at radius 3 is 2.24 bits per heavy atom. The smallest absolute Gasteiger partial charge is 0.320 e. The third kappa shape index (κ3) is 4.48. The molecule has 0 radical (unpaired) electrons. The third-order valence-corrected chi connectivity index (χ3v) is 5.18. The molecule has 33 heavy (non-hydrogen) atoms. The summed E-state index contributed by atoms with van der Waals surface area (Å²) in [6.07, 6.45) is 0. The number of carbonyl (C=O) groups excluding carboxylic acids is 1. The van der Waals surface area contributed by atoms with E-state index >= 15 is 0 Å². The maximum atomic E-state index is 12.6. The number of nitrogens with zero attached hydrogens (tertiary/aromatic N) is 1. The lowest BCUT2D eigenvalue weighted by molar-refractivity contribution is -0.386. The van der Waals surface area contributed by atoms with Crippen LogP contribution >= 0.6 is 0 Å². The van der Waals surface area contributed by atoms with Crippen molar-refractivity contribution in [3.05, 3.63) is 99.6 Å². The predicted octanol–water partition coefficient (Wildman–Crippen LogP) is 3.59. The van der Waals surface area contributed by atoms with Crippen LogP contribution in [-0.4, -0.2) is 34.4 Å². The lowest BCUT2D eigenvalue weighted by atomic mass is 9.87. The van der Waals surface area contributed by atoms with Crippen LogP contribution < -0.4 is 15.4 Å². The topological polar surface area (TPSA) is 134 Å². The molecule has 3 aromatic rings. The van der Waals surface area contributed by atoms with Gasteiger partial charge in [0, 0.05) is 11.6 Å². The first-order valence-corrected chi connectivity index (χ1v) is 10.2. The molecular weight excluding hydrogens is 426 g/mol. The first-order chi connectivity index (χ1) is 16.0. The van der Waals surface area contributed by atoms with Crippen molar-refractivity contribution in [1.82, 2.24) is 10.6 Å². The summed E-state index contributed by atoms with van der Waals surface area (Å²) in [5.41, 5.74) is 2.58. The molecule has 1 aliphatic heterocycles. The minimum Gasteiger partial charge on any atom is -0.500 e. The number of urea groups is 1. The number of nitro groups is 1. The highest BCUT2D eigenvalue weighted by Gasteiger charge is 2.32. The molecule has 9 heteroatoms. The zero-order valence-electron chi connectivity index (χ0n) is 17.4. The number of nitro benzene ring substituents is 1. The second kappa shape index (κ2) is 9.41. The number of carbonyl (C=O) groups is 1. The molecule has 1 aliphatic rings. The summed E-state index contributed by atoms with van der Waals surface area (Å²) in [6.45, 7) is -0.502. The highest BCUT2D eigenvalue weighted by atomic mass is 16.6.